The van der Waals surface area contributed by atoms with Crippen LogP contribution in [-0.2, 0) is 13.1 Å². The number of amides is 1. The zero-order chi connectivity index (χ0) is 26.8. The molecule has 5 aromatic rings. The fourth-order valence-corrected chi connectivity index (χ4v) is 5.06. The summed E-state index contributed by atoms with van der Waals surface area (Å²) in [6.45, 7) is 5.00. The van der Waals surface area contributed by atoms with Crippen LogP contribution in [0, 0.1) is 12.7 Å². The van der Waals surface area contributed by atoms with Crippen molar-refractivity contribution in [3.63, 3.8) is 0 Å². The van der Waals surface area contributed by atoms with Crippen LogP contribution in [-0.4, -0.2) is 53.3 Å². The maximum Gasteiger partial charge on any atom is 0.262 e. The van der Waals surface area contributed by atoms with E-state index in [9.17, 15) is 9.18 Å². The van der Waals surface area contributed by atoms with Crippen LogP contribution in [0.2, 0.25) is 0 Å². The molecule has 4 aromatic heterocycles. The zero-order valence-corrected chi connectivity index (χ0v) is 21.7. The molecule has 1 fully saturated rings. The number of carbonyl (C=O) groups is 1. The molecule has 1 aliphatic rings. The molecule has 1 atom stereocenters. The molecule has 5 heterocycles. The summed E-state index contributed by atoms with van der Waals surface area (Å²) >= 11 is 0. The van der Waals surface area contributed by atoms with E-state index in [0.717, 1.165) is 42.9 Å². The van der Waals surface area contributed by atoms with E-state index in [1.165, 1.54) is 24.0 Å². The number of likely N-dealkylation sites (tertiary alicyclic amines) is 1. The van der Waals surface area contributed by atoms with Crippen molar-refractivity contribution in [3.05, 3.63) is 107 Å². The number of anilines is 1. The number of piperidine rings is 1. The van der Waals surface area contributed by atoms with Gasteiger partial charge >= 0.3 is 0 Å². The number of hydrogen-bond acceptors (Lipinski definition) is 6. The average molecular weight is 525 g/mol. The van der Waals surface area contributed by atoms with Gasteiger partial charge in [0, 0.05) is 37.5 Å². The van der Waals surface area contributed by atoms with E-state index in [1.54, 1.807) is 29.0 Å². The lowest BCUT2D eigenvalue weighted by Crippen LogP contribution is -2.34. The van der Waals surface area contributed by atoms with Gasteiger partial charge in [-0.05, 0) is 50.1 Å². The van der Waals surface area contributed by atoms with E-state index in [-0.39, 0.29) is 17.6 Å². The molecular weight excluding hydrogens is 495 g/mol. The van der Waals surface area contributed by atoms with Crippen LogP contribution in [0.3, 0.4) is 0 Å². The van der Waals surface area contributed by atoms with Gasteiger partial charge in [-0.15, -0.1) is 0 Å². The number of aromatic nitrogens is 6. The molecule has 0 bridgehead atoms. The van der Waals surface area contributed by atoms with E-state index < -0.39 is 0 Å². The quantitative estimate of drug-likeness (QED) is 0.338. The molecule has 198 valence electrons. The second-order valence-corrected chi connectivity index (χ2v) is 10.0. The van der Waals surface area contributed by atoms with Gasteiger partial charge in [0.15, 0.2) is 5.65 Å². The number of nitrogens with zero attached hydrogens (tertiary/aromatic N) is 7. The molecule has 6 rings (SSSR count). The molecule has 1 amide bonds. The third-order valence-electron chi connectivity index (χ3n) is 7.12. The molecule has 1 N–H and O–H groups in total. The molecular formula is C29H29FN8O. The number of carbonyl (C=O) groups excluding carboxylic acids is 1. The van der Waals surface area contributed by atoms with E-state index in [1.807, 2.05) is 10.7 Å². The number of aryl methyl sites for hydroxylation is 1. The Balaban J connectivity index is 1.25. The van der Waals surface area contributed by atoms with Gasteiger partial charge in [0.25, 0.3) is 5.91 Å². The Hall–Kier alpha value is -4.44. The number of fused-ring (bicyclic) bond motifs is 1. The summed E-state index contributed by atoms with van der Waals surface area (Å²) in [6, 6.07) is 15.2. The second-order valence-electron chi connectivity index (χ2n) is 10.0. The summed E-state index contributed by atoms with van der Waals surface area (Å²) in [5.41, 5.74) is 4.96. The lowest BCUT2D eigenvalue weighted by molar-refractivity contribution is 0.102. The Kier molecular flexibility index (Phi) is 6.85. The molecule has 1 unspecified atom stereocenters. The third kappa shape index (κ3) is 5.56. The first-order valence-corrected chi connectivity index (χ1v) is 13.1. The Labute approximate surface area is 225 Å². The largest absolute Gasteiger partial charge is 0.307 e. The summed E-state index contributed by atoms with van der Waals surface area (Å²) in [4.78, 5) is 24.2. The maximum atomic E-state index is 13.3. The number of benzene rings is 1. The third-order valence-corrected chi connectivity index (χ3v) is 7.12. The highest BCUT2D eigenvalue weighted by molar-refractivity contribution is 6.07. The summed E-state index contributed by atoms with van der Waals surface area (Å²) in [7, 11) is 0. The smallest absolute Gasteiger partial charge is 0.262 e. The molecule has 0 aliphatic carbocycles. The average Bonchev–Trinajstić information content (AvgIpc) is 3.56. The monoisotopic (exact) mass is 524 g/mol. The van der Waals surface area contributed by atoms with Gasteiger partial charge in [-0.25, -0.2) is 18.6 Å². The number of rotatable bonds is 7. The molecule has 0 spiro atoms. The fourth-order valence-electron chi connectivity index (χ4n) is 5.06. The van der Waals surface area contributed by atoms with Crippen LogP contribution in [0.15, 0.2) is 73.3 Å². The molecule has 9 nitrogen and oxygen atoms in total. The first-order valence-electron chi connectivity index (χ1n) is 13.1. The lowest BCUT2D eigenvalue weighted by atomic mass is 9.94. The van der Waals surface area contributed by atoms with E-state index in [4.69, 9.17) is 5.10 Å². The van der Waals surface area contributed by atoms with E-state index >= 15 is 0 Å². The van der Waals surface area contributed by atoms with Crippen molar-refractivity contribution in [2.24, 2.45) is 0 Å². The number of halogens is 1. The molecule has 0 saturated carbocycles. The highest BCUT2D eigenvalue weighted by Gasteiger charge is 2.26. The molecule has 1 aliphatic heterocycles. The topological polar surface area (TPSA) is 93.2 Å². The van der Waals surface area contributed by atoms with Crippen LogP contribution in [0.5, 0.6) is 0 Å². The number of nitrogens with one attached hydrogen (secondary N) is 1. The van der Waals surface area contributed by atoms with E-state index in [2.05, 4.69) is 56.5 Å². The van der Waals surface area contributed by atoms with Gasteiger partial charge in [0.05, 0.1) is 30.3 Å². The van der Waals surface area contributed by atoms with Gasteiger partial charge in [0.2, 0.25) is 0 Å². The molecule has 1 saturated heterocycles. The zero-order valence-electron chi connectivity index (χ0n) is 21.7. The number of hydrogen-bond donors (Lipinski definition) is 1. The van der Waals surface area contributed by atoms with Crippen LogP contribution in [0.25, 0.3) is 5.65 Å². The molecule has 1 aromatic carbocycles. The van der Waals surface area contributed by atoms with Crippen molar-refractivity contribution in [2.45, 2.75) is 38.8 Å². The Morgan fingerprint density at radius 1 is 1.10 bits per heavy atom. The maximum absolute atomic E-state index is 13.3. The summed E-state index contributed by atoms with van der Waals surface area (Å²) < 4.78 is 16.7. The Morgan fingerprint density at radius 2 is 1.97 bits per heavy atom. The van der Waals surface area contributed by atoms with E-state index in [0.29, 0.717) is 30.1 Å². The molecule has 10 heteroatoms. The minimum absolute atomic E-state index is 0.202. The van der Waals surface area contributed by atoms with Crippen molar-refractivity contribution in [1.82, 2.24) is 34.3 Å². The highest BCUT2D eigenvalue weighted by Crippen LogP contribution is 2.29. The molecule has 39 heavy (non-hydrogen) atoms. The Morgan fingerprint density at radius 3 is 2.79 bits per heavy atom. The second kappa shape index (κ2) is 10.7. The number of pyridine rings is 1. The lowest BCUT2D eigenvalue weighted by Gasteiger charge is -2.31. The fraction of sp³-hybridized carbons (Fsp3) is 0.276. The van der Waals surface area contributed by atoms with Gasteiger partial charge in [-0.2, -0.15) is 10.2 Å². The SMILES string of the molecule is Cc1ccc(Cn2nc(C3CCCN(Cc4ccc(F)cn4)C3)cc2NC(=O)c2cnn3cccnc23)cc1. The van der Waals surface area contributed by atoms with Crippen molar-refractivity contribution in [3.8, 4) is 0 Å². The predicted molar refractivity (Wildman–Crippen MR) is 145 cm³/mol. The standard InChI is InChI=1S/C29H29FN8O/c1-20-5-7-21(8-6-20)17-38-27(34-29(39)25-16-33-37-13-3-11-31-28(25)37)14-26(35-38)22-4-2-12-36(18-22)19-24-10-9-23(30)15-32-24/h3,5-11,13-16,22H,2,4,12,17-19H2,1H3,(H,34,39). The van der Waals surface area contributed by atoms with Crippen molar-refractivity contribution in [1.29, 1.82) is 0 Å². The first-order chi connectivity index (χ1) is 19.0. The Bertz CT molecular complexity index is 1590. The minimum Gasteiger partial charge on any atom is -0.307 e. The summed E-state index contributed by atoms with van der Waals surface area (Å²) in [6.07, 6.45) is 8.21. The van der Waals surface area contributed by atoms with Crippen LogP contribution >= 0.6 is 0 Å². The van der Waals surface area contributed by atoms with Crippen molar-refractivity contribution >= 4 is 17.4 Å². The predicted octanol–water partition coefficient (Wildman–Crippen LogP) is 4.45. The molecule has 0 radical (unpaired) electrons. The van der Waals surface area contributed by atoms with Gasteiger partial charge in [-0.1, -0.05) is 29.8 Å². The first kappa shape index (κ1) is 24.9. The highest BCUT2D eigenvalue weighted by atomic mass is 19.1. The van der Waals surface area contributed by atoms with Gasteiger partial charge < -0.3 is 5.32 Å². The van der Waals surface area contributed by atoms with Crippen LogP contribution in [0.1, 0.15) is 51.6 Å². The van der Waals surface area contributed by atoms with Gasteiger partial charge in [0.1, 0.15) is 17.2 Å². The normalized spacial score (nSPS) is 16.0. The summed E-state index contributed by atoms with van der Waals surface area (Å²) in [5.74, 6) is 0.216. The van der Waals surface area contributed by atoms with Crippen molar-refractivity contribution in [2.75, 3.05) is 18.4 Å². The van der Waals surface area contributed by atoms with Crippen LogP contribution in [0.4, 0.5) is 10.2 Å². The van der Waals surface area contributed by atoms with Gasteiger partial charge in [-0.3, -0.25) is 14.7 Å². The van der Waals surface area contributed by atoms with Crippen LogP contribution < -0.4 is 5.32 Å². The summed E-state index contributed by atoms with van der Waals surface area (Å²) in [5, 5.41) is 12.3. The van der Waals surface area contributed by atoms with Crippen molar-refractivity contribution < 1.29 is 9.18 Å². The minimum atomic E-state index is -0.330.